The van der Waals surface area contributed by atoms with Gasteiger partial charge in [-0.15, -0.1) is 5.70 Å². The summed E-state index contributed by atoms with van der Waals surface area (Å²) in [4.78, 5) is 4.51. The van der Waals surface area contributed by atoms with E-state index in [1.807, 2.05) is 0 Å². The van der Waals surface area contributed by atoms with Crippen LogP contribution in [0.2, 0.25) is 12.1 Å². The van der Waals surface area contributed by atoms with Crippen LogP contribution in [-0.4, -0.2) is 21.6 Å². The molecule has 0 aliphatic rings. The maximum atomic E-state index is 4.51. The van der Waals surface area contributed by atoms with E-state index in [1.165, 1.54) is 50.6 Å². The van der Waals surface area contributed by atoms with Crippen molar-refractivity contribution in [2.75, 3.05) is 6.54 Å². The van der Waals surface area contributed by atoms with Crippen LogP contribution in [0.5, 0.6) is 0 Å². The van der Waals surface area contributed by atoms with Crippen molar-refractivity contribution in [3.8, 4) is 0 Å². The zero-order valence-corrected chi connectivity index (χ0v) is 13.3. The lowest BCUT2D eigenvalue weighted by atomic mass is 10.2. The minimum atomic E-state index is -0.559. The first kappa shape index (κ1) is 16.6. The molecule has 2 heteroatoms. The van der Waals surface area contributed by atoms with E-state index >= 15 is 0 Å². The molecule has 0 radical (unpaired) electrons. The number of nitrogens with zero attached hydrogens (tertiary/aromatic N) is 1. The molecular formula is C15H31NSi. The molecule has 0 spiro atoms. The molecule has 1 unspecified atom stereocenters. The molecule has 1 atom stereocenters. The van der Waals surface area contributed by atoms with Gasteiger partial charge in [0, 0.05) is 6.54 Å². The molecule has 0 amide bonds. The second-order valence-corrected chi connectivity index (χ2v) is 8.07. The molecule has 0 aromatic carbocycles. The molecule has 1 nitrogen and oxygen atoms in total. The van der Waals surface area contributed by atoms with Gasteiger partial charge < -0.3 is 0 Å². The molecular weight excluding hydrogens is 222 g/mol. The fourth-order valence-corrected chi connectivity index (χ4v) is 3.98. The van der Waals surface area contributed by atoms with Gasteiger partial charge in [0.1, 0.15) is 0 Å². The Morgan fingerprint density at radius 1 is 1.06 bits per heavy atom. The Morgan fingerprint density at radius 3 is 2.47 bits per heavy atom. The van der Waals surface area contributed by atoms with Gasteiger partial charge in [-0.3, -0.25) is 4.99 Å². The van der Waals surface area contributed by atoms with E-state index in [0.29, 0.717) is 0 Å². The van der Waals surface area contributed by atoms with Crippen molar-refractivity contribution >= 4 is 15.0 Å². The van der Waals surface area contributed by atoms with Crippen molar-refractivity contribution in [3.05, 3.63) is 11.8 Å². The Hall–Kier alpha value is -0.373. The molecule has 0 aromatic heterocycles. The number of unbranched alkanes of at least 4 members (excludes halogenated alkanes) is 4. The summed E-state index contributed by atoms with van der Waals surface area (Å²) in [5.41, 5.74) is 2.46. The van der Waals surface area contributed by atoms with Crippen molar-refractivity contribution < 1.29 is 0 Å². The van der Waals surface area contributed by atoms with Gasteiger partial charge in [0.2, 0.25) is 0 Å². The first-order chi connectivity index (χ1) is 8.35. The van der Waals surface area contributed by atoms with E-state index in [2.05, 4.69) is 43.8 Å². The molecule has 100 valence electrons. The van der Waals surface area contributed by atoms with E-state index < -0.39 is 8.80 Å². The molecule has 0 aliphatic heterocycles. The summed E-state index contributed by atoms with van der Waals surface area (Å²) >= 11 is 0. The second-order valence-electron chi connectivity index (χ2n) is 4.77. The van der Waals surface area contributed by atoms with Gasteiger partial charge in [-0.25, -0.2) is 0 Å². The van der Waals surface area contributed by atoms with Crippen LogP contribution in [0.3, 0.4) is 0 Å². The fraction of sp³-hybridized carbons (Fsp3) is 0.800. The Labute approximate surface area is 110 Å². The van der Waals surface area contributed by atoms with Gasteiger partial charge in [0.25, 0.3) is 0 Å². The molecule has 0 aromatic rings. The number of hydrogen-bond acceptors (Lipinski definition) is 1. The van der Waals surface area contributed by atoms with Crippen LogP contribution >= 0.6 is 0 Å². The molecule has 0 fully saturated rings. The first-order valence-electron chi connectivity index (χ1n) is 7.46. The number of hydrogen-bond donors (Lipinski definition) is 0. The van der Waals surface area contributed by atoms with E-state index in [1.54, 1.807) is 0 Å². The lowest BCUT2D eigenvalue weighted by molar-refractivity contribution is 0.639. The third-order valence-corrected chi connectivity index (χ3v) is 6.23. The van der Waals surface area contributed by atoms with Crippen molar-refractivity contribution in [2.45, 2.75) is 71.4 Å². The second kappa shape index (κ2) is 13.7. The Balaban J connectivity index is 3.35. The quantitative estimate of drug-likeness (QED) is 0.285. The zero-order valence-electron chi connectivity index (χ0n) is 12.1. The Kier molecular flexibility index (Phi) is 13.4. The highest BCUT2D eigenvalue weighted by Gasteiger charge is 2.01. The predicted molar refractivity (Wildman–Crippen MR) is 84.0 cm³/mol. The SMILES string of the molecule is CC=C[SiH](CC)CCC=NCCCCCCC. The van der Waals surface area contributed by atoms with E-state index in [9.17, 15) is 0 Å². The summed E-state index contributed by atoms with van der Waals surface area (Å²) in [6.45, 7) is 7.77. The molecule has 0 bridgehead atoms. The van der Waals surface area contributed by atoms with E-state index in [4.69, 9.17) is 0 Å². The fourth-order valence-electron chi connectivity index (χ4n) is 1.99. The highest BCUT2D eigenvalue weighted by Crippen LogP contribution is 2.04. The van der Waals surface area contributed by atoms with Gasteiger partial charge in [0.05, 0.1) is 8.80 Å². The maximum absolute atomic E-state index is 4.51. The van der Waals surface area contributed by atoms with E-state index in [-0.39, 0.29) is 0 Å². The highest BCUT2D eigenvalue weighted by atomic mass is 28.3. The Bertz CT molecular complexity index is 199. The predicted octanol–water partition coefficient (Wildman–Crippen LogP) is 4.78. The molecule has 0 N–H and O–H groups in total. The Morgan fingerprint density at radius 2 is 1.82 bits per heavy atom. The van der Waals surface area contributed by atoms with Crippen LogP contribution in [0.25, 0.3) is 0 Å². The molecule has 0 aliphatic carbocycles. The van der Waals surface area contributed by atoms with Crippen LogP contribution in [-0.2, 0) is 0 Å². The lowest BCUT2D eigenvalue weighted by Gasteiger charge is -2.04. The summed E-state index contributed by atoms with van der Waals surface area (Å²) in [5, 5.41) is 0. The third-order valence-electron chi connectivity index (χ3n) is 3.18. The smallest absolute Gasteiger partial charge is 0.0611 e. The minimum absolute atomic E-state index is 0.559. The summed E-state index contributed by atoms with van der Waals surface area (Å²) in [7, 11) is -0.559. The molecule has 17 heavy (non-hydrogen) atoms. The summed E-state index contributed by atoms with van der Waals surface area (Å²) < 4.78 is 0. The van der Waals surface area contributed by atoms with Gasteiger partial charge in [-0.05, 0) is 26.0 Å². The van der Waals surface area contributed by atoms with Gasteiger partial charge >= 0.3 is 0 Å². The van der Waals surface area contributed by atoms with Crippen LogP contribution < -0.4 is 0 Å². The maximum Gasteiger partial charge on any atom is 0.0611 e. The number of rotatable bonds is 11. The van der Waals surface area contributed by atoms with Crippen molar-refractivity contribution in [2.24, 2.45) is 4.99 Å². The molecule has 0 saturated heterocycles. The minimum Gasteiger partial charge on any atom is -0.298 e. The summed E-state index contributed by atoms with van der Waals surface area (Å²) in [6, 6.07) is 2.77. The van der Waals surface area contributed by atoms with Crippen molar-refractivity contribution in [1.29, 1.82) is 0 Å². The summed E-state index contributed by atoms with van der Waals surface area (Å²) in [5.74, 6) is 0. The van der Waals surface area contributed by atoms with Crippen LogP contribution in [0, 0.1) is 0 Å². The zero-order chi connectivity index (χ0) is 12.8. The van der Waals surface area contributed by atoms with Gasteiger partial charge in [0.15, 0.2) is 0 Å². The van der Waals surface area contributed by atoms with Crippen LogP contribution in [0.4, 0.5) is 0 Å². The monoisotopic (exact) mass is 253 g/mol. The number of allylic oxidation sites excluding steroid dienone is 1. The number of aliphatic imine (C=N–C) groups is 1. The molecule has 0 rings (SSSR count). The highest BCUT2D eigenvalue weighted by molar-refractivity contribution is 6.64. The van der Waals surface area contributed by atoms with Crippen molar-refractivity contribution in [1.82, 2.24) is 0 Å². The average Bonchev–Trinajstić information content (AvgIpc) is 2.35. The van der Waals surface area contributed by atoms with Crippen molar-refractivity contribution in [3.63, 3.8) is 0 Å². The van der Waals surface area contributed by atoms with Crippen LogP contribution in [0.15, 0.2) is 16.8 Å². The average molecular weight is 254 g/mol. The first-order valence-corrected chi connectivity index (χ1v) is 9.76. The van der Waals surface area contributed by atoms with E-state index in [0.717, 1.165) is 6.54 Å². The van der Waals surface area contributed by atoms with Gasteiger partial charge in [-0.1, -0.05) is 57.7 Å². The topological polar surface area (TPSA) is 12.4 Å². The summed E-state index contributed by atoms with van der Waals surface area (Å²) in [6.07, 6.45) is 12.3. The third kappa shape index (κ3) is 11.9. The normalized spacial score (nSPS) is 13.8. The standard InChI is InChI=1S/C15H31NSi/c1-4-7-8-9-10-12-16-13-11-15-17(6-3)14-5-2/h5,13-14,17H,4,6-12,15H2,1-3H3. The largest absolute Gasteiger partial charge is 0.298 e. The van der Waals surface area contributed by atoms with Gasteiger partial charge in [-0.2, -0.15) is 0 Å². The molecule has 0 saturated carbocycles. The lowest BCUT2D eigenvalue weighted by Crippen LogP contribution is -2.06. The van der Waals surface area contributed by atoms with Crippen LogP contribution in [0.1, 0.15) is 59.3 Å². The molecule has 0 heterocycles.